The summed E-state index contributed by atoms with van der Waals surface area (Å²) in [6, 6.07) is 0.572. The van der Waals surface area contributed by atoms with Crippen molar-refractivity contribution < 1.29 is 15.0 Å². The van der Waals surface area contributed by atoms with E-state index in [1.807, 2.05) is 0 Å². The van der Waals surface area contributed by atoms with Crippen molar-refractivity contribution in [1.82, 2.24) is 10.6 Å². The quantitative estimate of drug-likeness (QED) is 0.350. The summed E-state index contributed by atoms with van der Waals surface area (Å²) < 4.78 is 0. The molecule has 0 spiro atoms. The molecule has 0 saturated carbocycles. The highest BCUT2D eigenvalue weighted by molar-refractivity contribution is 5.64. The Balaban J connectivity index is 3.67. The zero-order chi connectivity index (χ0) is 15.8. The number of rotatable bonds is 15. The van der Waals surface area contributed by atoms with Crippen LogP contribution < -0.4 is 10.6 Å². The standard InChI is InChI=1S/C16H34N2O3/c1-2-3-5-10-15(17-12-8-9-14-19)11-6-4-7-13-18-16(20)21/h15,17-19H,2-14H2,1H3,(H,20,21). The number of aliphatic hydroxyl groups excluding tert-OH is 1. The first-order valence-corrected chi connectivity index (χ1v) is 8.51. The van der Waals surface area contributed by atoms with E-state index in [-0.39, 0.29) is 6.61 Å². The van der Waals surface area contributed by atoms with Gasteiger partial charge in [-0.25, -0.2) is 4.79 Å². The van der Waals surface area contributed by atoms with Crippen LogP contribution in [0.15, 0.2) is 0 Å². The maximum Gasteiger partial charge on any atom is 0.404 e. The Morgan fingerprint density at radius 3 is 2.24 bits per heavy atom. The minimum atomic E-state index is -0.932. The molecule has 1 unspecified atom stereocenters. The topological polar surface area (TPSA) is 81.6 Å². The summed E-state index contributed by atoms with van der Waals surface area (Å²) in [6.45, 7) is 4.04. The molecule has 4 N–H and O–H groups in total. The lowest BCUT2D eigenvalue weighted by atomic mass is 10.0. The van der Waals surface area contributed by atoms with Crippen LogP contribution in [0.25, 0.3) is 0 Å². The molecule has 0 aliphatic heterocycles. The van der Waals surface area contributed by atoms with Crippen LogP contribution in [0.3, 0.4) is 0 Å². The van der Waals surface area contributed by atoms with Gasteiger partial charge in [0, 0.05) is 19.2 Å². The smallest absolute Gasteiger partial charge is 0.404 e. The van der Waals surface area contributed by atoms with Crippen molar-refractivity contribution in [3.63, 3.8) is 0 Å². The molecule has 1 amide bonds. The van der Waals surface area contributed by atoms with Gasteiger partial charge < -0.3 is 20.8 Å². The third-order valence-electron chi connectivity index (χ3n) is 3.68. The van der Waals surface area contributed by atoms with Crippen LogP contribution in [0.5, 0.6) is 0 Å². The first-order chi connectivity index (χ1) is 10.2. The summed E-state index contributed by atoms with van der Waals surface area (Å²) in [5, 5.41) is 23.3. The van der Waals surface area contributed by atoms with E-state index in [0.29, 0.717) is 12.6 Å². The first-order valence-electron chi connectivity index (χ1n) is 8.51. The van der Waals surface area contributed by atoms with Crippen molar-refractivity contribution in [2.24, 2.45) is 0 Å². The van der Waals surface area contributed by atoms with Crippen LogP contribution in [0.1, 0.15) is 71.1 Å². The summed E-state index contributed by atoms with van der Waals surface area (Å²) in [6.07, 6.45) is 10.3. The summed E-state index contributed by atoms with van der Waals surface area (Å²) in [7, 11) is 0. The molecule has 0 heterocycles. The van der Waals surface area contributed by atoms with E-state index in [4.69, 9.17) is 10.2 Å². The second kappa shape index (κ2) is 15.6. The highest BCUT2D eigenvalue weighted by Crippen LogP contribution is 2.11. The van der Waals surface area contributed by atoms with Gasteiger partial charge in [-0.05, 0) is 38.6 Å². The van der Waals surface area contributed by atoms with Crippen molar-refractivity contribution in [3.8, 4) is 0 Å². The minimum Gasteiger partial charge on any atom is -0.465 e. The van der Waals surface area contributed by atoms with Gasteiger partial charge in [-0.3, -0.25) is 0 Å². The average molecular weight is 302 g/mol. The Labute approximate surface area is 129 Å². The van der Waals surface area contributed by atoms with Gasteiger partial charge in [0.25, 0.3) is 0 Å². The van der Waals surface area contributed by atoms with Crippen LogP contribution >= 0.6 is 0 Å². The number of carboxylic acid groups (broad SMARTS) is 1. The molecular formula is C16H34N2O3. The van der Waals surface area contributed by atoms with E-state index >= 15 is 0 Å². The van der Waals surface area contributed by atoms with E-state index in [9.17, 15) is 4.79 Å². The zero-order valence-electron chi connectivity index (χ0n) is 13.6. The molecule has 21 heavy (non-hydrogen) atoms. The van der Waals surface area contributed by atoms with Gasteiger partial charge in [-0.2, -0.15) is 0 Å². The van der Waals surface area contributed by atoms with Gasteiger partial charge >= 0.3 is 6.09 Å². The largest absolute Gasteiger partial charge is 0.465 e. The Morgan fingerprint density at radius 2 is 1.62 bits per heavy atom. The monoisotopic (exact) mass is 302 g/mol. The molecule has 0 aromatic heterocycles. The molecule has 0 aliphatic rings. The molecule has 5 nitrogen and oxygen atoms in total. The Bertz CT molecular complexity index is 238. The average Bonchev–Trinajstić information content (AvgIpc) is 2.46. The maximum absolute atomic E-state index is 10.3. The fourth-order valence-electron chi connectivity index (χ4n) is 2.42. The zero-order valence-corrected chi connectivity index (χ0v) is 13.6. The number of nitrogens with one attached hydrogen (secondary N) is 2. The number of hydrogen-bond donors (Lipinski definition) is 4. The Kier molecular flexibility index (Phi) is 15.0. The highest BCUT2D eigenvalue weighted by atomic mass is 16.4. The molecule has 0 radical (unpaired) electrons. The van der Waals surface area contributed by atoms with Gasteiger partial charge in [0.15, 0.2) is 0 Å². The van der Waals surface area contributed by atoms with Crippen LogP contribution in [0.4, 0.5) is 4.79 Å². The van der Waals surface area contributed by atoms with Crippen LogP contribution in [-0.4, -0.2) is 42.0 Å². The van der Waals surface area contributed by atoms with Gasteiger partial charge in [-0.15, -0.1) is 0 Å². The second-order valence-corrected chi connectivity index (χ2v) is 5.66. The maximum atomic E-state index is 10.3. The molecule has 5 heteroatoms. The van der Waals surface area contributed by atoms with Crippen LogP contribution in [-0.2, 0) is 0 Å². The van der Waals surface area contributed by atoms with E-state index in [0.717, 1.165) is 45.1 Å². The van der Waals surface area contributed by atoms with E-state index in [2.05, 4.69) is 17.6 Å². The number of aliphatic hydroxyl groups is 1. The van der Waals surface area contributed by atoms with Crippen molar-refractivity contribution in [1.29, 1.82) is 0 Å². The Morgan fingerprint density at radius 1 is 0.952 bits per heavy atom. The van der Waals surface area contributed by atoms with Crippen molar-refractivity contribution in [2.75, 3.05) is 19.7 Å². The van der Waals surface area contributed by atoms with Crippen molar-refractivity contribution in [3.05, 3.63) is 0 Å². The van der Waals surface area contributed by atoms with Crippen molar-refractivity contribution >= 4 is 6.09 Å². The SMILES string of the molecule is CCCCCC(CCCCCNC(=O)O)NCCCCO. The van der Waals surface area contributed by atoms with Gasteiger partial charge in [0.1, 0.15) is 0 Å². The molecule has 0 aromatic carbocycles. The van der Waals surface area contributed by atoms with Crippen molar-refractivity contribution in [2.45, 2.75) is 77.2 Å². The van der Waals surface area contributed by atoms with E-state index in [1.54, 1.807) is 0 Å². The predicted molar refractivity (Wildman–Crippen MR) is 86.7 cm³/mol. The molecule has 0 bridgehead atoms. The fourth-order valence-corrected chi connectivity index (χ4v) is 2.42. The summed E-state index contributed by atoms with van der Waals surface area (Å²) >= 11 is 0. The lowest BCUT2D eigenvalue weighted by Gasteiger charge is -2.18. The van der Waals surface area contributed by atoms with Crippen LogP contribution in [0.2, 0.25) is 0 Å². The molecule has 0 aromatic rings. The third kappa shape index (κ3) is 15.4. The lowest BCUT2D eigenvalue weighted by Crippen LogP contribution is -2.30. The number of amides is 1. The highest BCUT2D eigenvalue weighted by Gasteiger charge is 2.07. The molecule has 0 aliphatic carbocycles. The third-order valence-corrected chi connectivity index (χ3v) is 3.68. The van der Waals surface area contributed by atoms with E-state index in [1.165, 1.54) is 25.7 Å². The predicted octanol–water partition coefficient (Wildman–Crippen LogP) is 3.13. The number of unbranched alkanes of at least 4 members (excludes halogenated alkanes) is 5. The lowest BCUT2D eigenvalue weighted by molar-refractivity contribution is 0.194. The minimum absolute atomic E-state index is 0.277. The summed E-state index contributed by atoms with van der Waals surface area (Å²) in [5.41, 5.74) is 0. The second-order valence-electron chi connectivity index (χ2n) is 5.66. The normalized spacial score (nSPS) is 12.3. The fraction of sp³-hybridized carbons (Fsp3) is 0.938. The molecule has 0 fully saturated rings. The molecule has 0 saturated heterocycles. The number of hydrogen-bond acceptors (Lipinski definition) is 3. The number of carbonyl (C=O) groups is 1. The van der Waals surface area contributed by atoms with E-state index < -0.39 is 6.09 Å². The van der Waals surface area contributed by atoms with Gasteiger partial charge in [-0.1, -0.05) is 39.0 Å². The molecule has 126 valence electrons. The molecule has 1 atom stereocenters. The molecular weight excluding hydrogens is 268 g/mol. The first kappa shape index (κ1) is 20.2. The molecule has 0 rings (SSSR count). The summed E-state index contributed by atoms with van der Waals surface area (Å²) in [4.78, 5) is 10.3. The summed E-state index contributed by atoms with van der Waals surface area (Å²) in [5.74, 6) is 0. The van der Waals surface area contributed by atoms with Crippen LogP contribution in [0, 0.1) is 0 Å². The van der Waals surface area contributed by atoms with Gasteiger partial charge in [0.2, 0.25) is 0 Å². The Hall–Kier alpha value is -0.810. The van der Waals surface area contributed by atoms with Gasteiger partial charge in [0.05, 0.1) is 0 Å².